The van der Waals surface area contributed by atoms with Gasteiger partial charge in [0, 0.05) is 19.6 Å². The summed E-state index contributed by atoms with van der Waals surface area (Å²) in [6.45, 7) is 2.54. The molecule has 0 aromatic rings. The van der Waals surface area contributed by atoms with Crippen LogP contribution < -0.4 is 15.4 Å². The highest BCUT2D eigenvalue weighted by molar-refractivity contribution is 7.88. The van der Waals surface area contributed by atoms with Gasteiger partial charge in [-0.1, -0.05) is 0 Å². The van der Waals surface area contributed by atoms with Gasteiger partial charge in [-0.3, -0.25) is 4.99 Å². The molecule has 6 nitrogen and oxygen atoms in total. The Morgan fingerprint density at radius 1 is 1.54 bits per heavy atom. The average molecular weight is 206 g/mol. The number of guanidine groups is 1. The number of rotatable bonds is 4. The summed E-state index contributed by atoms with van der Waals surface area (Å²) in [4.78, 5) is 4.09. The molecule has 0 spiro atoms. The number of hydrogen-bond acceptors (Lipinski definition) is 5. The monoisotopic (exact) mass is 206 g/mol. The molecular weight excluding hydrogens is 192 g/mol. The molecule has 0 aliphatic carbocycles. The van der Waals surface area contributed by atoms with Crippen molar-refractivity contribution < 1.29 is 8.42 Å². The van der Waals surface area contributed by atoms with Crippen LogP contribution in [0.25, 0.3) is 0 Å². The summed E-state index contributed by atoms with van der Waals surface area (Å²) in [5.74, 6) is 0.746. The van der Waals surface area contributed by atoms with Gasteiger partial charge in [0.15, 0.2) is 5.96 Å². The third kappa shape index (κ3) is 4.69. The largest absolute Gasteiger partial charge is 0.355 e. The summed E-state index contributed by atoms with van der Waals surface area (Å²) in [7, 11) is -3.07. The Morgan fingerprint density at radius 2 is 2.31 bits per heavy atom. The van der Waals surface area contributed by atoms with Crippen molar-refractivity contribution in [2.45, 2.75) is 0 Å². The second-order valence-electron chi connectivity index (χ2n) is 2.75. The highest BCUT2D eigenvalue weighted by Crippen LogP contribution is 1.80. The quantitative estimate of drug-likeness (QED) is 0.468. The maximum atomic E-state index is 10.6. The molecule has 0 atom stereocenters. The van der Waals surface area contributed by atoms with E-state index in [-0.39, 0.29) is 0 Å². The van der Waals surface area contributed by atoms with Crippen molar-refractivity contribution in [1.29, 1.82) is 0 Å². The fourth-order valence-corrected chi connectivity index (χ4v) is 1.41. The normalized spacial score (nSPS) is 16.5. The molecule has 13 heavy (non-hydrogen) atoms. The molecule has 0 aromatic heterocycles. The van der Waals surface area contributed by atoms with Crippen molar-refractivity contribution in [2.75, 3.05) is 32.4 Å². The summed E-state index contributed by atoms with van der Waals surface area (Å²) in [6.07, 6.45) is 1.14. The maximum absolute atomic E-state index is 10.6. The van der Waals surface area contributed by atoms with Gasteiger partial charge in [-0.05, 0) is 0 Å². The van der Waals surface area contributed by atoms with Crippen LogP contribution in [0.5, 0.6) is 0 Å². The van der Waals surface area contributed by atoms with E-state index in [0.717, 1.165) is 25.3 Å². The Kier molecular flexibility index (Phi) is 3.49. The lowest BCUT2D eigenvalue weighted by Gasteiger charge is -2.06. The van der Waals surface area contributed by atoms with Crippen LogP contribution in [0.2, 0.25) is 0 Å². The zero-order valence-electron chi connectivity index (χ0n) is 7.50. The van der Waals surface area contributed by atoms with Crippen LogP contribution in [0.3, 0.4) is 0 Å². The number of nitrogens with zero attached hydrogens (tertiary/aromatic N) is 1. The van der Waals surface area contributed by atoms with Crippen LogP contribution in [0.1, 0.15) is 0 Å². The van der Waals surface area contributed by atoms with E-state index in [1.54, 1.807) is 0 Å². The lowest BCUT2D eigenvalue weighted by Crippen LogP contribution is -2.39. The van der Waals surface area contributed by atoms with Gasteiger partial charge >= 0.3 is 0 Å². The summed E-state index contributed by atoms with van der Waals surface area (Å²) < 4.78 is 23.7. The van der Waals surface area contributed by atoms with E-state index in [1.807, 2.05) is 0 Å². The van der Waals surface area contributed by atoms with Gasteiger partial charge in [0.2, 0.25) is 10.0 Å². The molecular formula is C6H14N4O2S. The molecule has 0 radical (unpaired) electrons. The van der Waals surface area contributed by atoms with Crippen LogP contribution in [0, 0.1) is 0 Å². The van der Waals surface area contributed by atoms with Gasteiger partial charge in [-0.25, -0.2) is 13.1 Å². The average Bonchev–Trinajstić information content (AvgIpc) is 2.48. The zero-order valence-corrected chi connectivity index (χ0v) is 8.32. The van der Waals surface area contributed by atoms with E-state index in [2.05, 4.69) is 20.3 Å². The van der Waals surface area contributed by atoms with Crippen molar-refractivity contribution in [2.24, 2.45) is 4.99 Å². The molecule has 0 aromatic carbocycles. The van der Waals surface area contributed by atoms with Gasteiger partial charge < -0.3 is 10.6 Å². The van der Waals surface area contributed by atoms with Crippen LogP contribution in [0.15, 0.2) is 4.99 Å². The zero-order chi connectivity index (χ0) is 9.73. The number of aliphatic imine (C=N–C) groups is 1. The molecule has 3 N–H and O–H groups in total. The third-order valence-electron chi connectivity index (χ3n) is 1.46. The molecule has 0 unspecified atom stereocenters. The smallest absolute Gasteiger partial charge is 0.208 e. The van der Waals surface area contributed by atoms with Crippen LogP contribution in [0.4, 0.5) is 0 Å². The predicted octanol–water partition coefficient (Wildman–Crippen LogP) is -1.92. The van der Waals surface area contributed by atoms with E-state index in [0.29, 0.717) is 13.1 Å². The predicted molar refractivity (Wildman–Crippen MR) is 51.2 cm³/mol. The molecule has 1 heterocycles. The first kappa shape index (κ1) is 10.3. The maximum Gasteiger partial charge on any atom is 0.208 e. The fraction of sp³-hybridized carbons (Fsp3) is 0.833. The van der Waals surface area contributed by atoms with Gasteiger partial charge in [0.05, 0.1) is 12.8 Å². The SMILES string of the molecule is CS(=O)(=O)NCCNC1=NCCN1. The summed E-state index contributed by atoms with van der Waals surface area (Å²) in [5, 5.41) is 5.98. The lowest BCUT2D eigenvalue weighted by atomic mass is 10.6. The number of hydrogen-bond donors (Lipinski definition) is 3. The first-order valence-electron chi connectivity index (χ1n) is 4.05. The minimum atomic E-state index is -3.07. The molecule has 7 heteroatoms. The highest BCUT2D eigenvalue weighted by Gasteiger charge is 2.03. The molecule has 1 aliphatic heterocycles. The molecule has 0 saturated carbocycles. The Bertz CT molecular complexity index is 285. The lowest BCUT2D eigenvalue weighted by molar-refractivity contribution is 0.587. The fourth-order valence-electron chi connectivity index (χ4n) is 0.934. The van der Waals surface area contributed by atoms with Crippen molar-refractivity contribution in [3.63, 3.8) is 0 Å². The van der Waals surface area contributed by atoms with E-state index in [1.165, 1.54) is 0 Å². The Hall–Kier alpha value is -0.820. The summed E-state index contributed by atoms with van der Waals surface area (Å²) >= 11 is 0. The molecule has 0 saturated heterocycles. The second kappa shape index (κ2) is 4.43. The van der Waals surface area contributed by atoms with Crippen LogP contribution in [-0.4, -0.2) is 46.8 Å². The van der Waals surface area contributed by atoms with Crippen molar-refractivity contribution in [1.82, 2.24) is 15.4 Å². The van der Waals surface area contributed by atoms with E-state index in [4.69, 9.17) is 0 Å². The van der Waals surface area contributed by atoms with Gasteiger partial charge in [-0.15, -0.1) is 0 Å². The molecule has 0 bridgehead atoms. The summed E-state index contributed by atoms with van der Waals surface area (Å²) in [6, 6.07) is 0. The molecule has 0 amide bonds. The molecule has 76 valence electrons. The summed E-state index contributed by atoms with van der Waals surface area (Å²) in [5.41, 5.74) is 0. The Labute approximate surface area is 77.9 Å². The van der Waals surface area contributed by atoms with Crippen molar-refractivity contribution in [3.05, 3.63) is 0 Å². The minimum absolute atomic E-state index is 0.375. The first-order valence-corrected chi connectivity index (χ1v) is 5.94. The first-order chi connectivity index (χ1) is 6.08. The molecule has 0 fully saturated rings. The third-order valence-corrected chi connectivity index (χ3v) is 2.18. The Balaban J connectivity index is 2.07. The second-order valence-corrected chi connectivity index (χ2v) is 4.58. The minimum Gasteiger partial charge on any atom is -0.355 e. The van der Waals surface area contributed by atoms with Gasteiger partial charge in [0.25, 0.3) is 0 Å². The van der Waals surface area contributed by atoms with E-state index >= 15 is 0 Å². The van der Waals surface area contributed by atoms with Gasteiger partial charge in [0.1, 0.15) is 0 Å². The van der Waals surface area contributed by atoms with Crippen molar-refractivity contribution >= 4 is 16.0 Å². The van der Waals surface area contributed by atoms with E-state index in [9.17, 15) is 8.42 Å². The van der Waals surface area contributed by atoms with Crippen molar-refractivity contribution in [3.8, 4) is 0 Å². The topological polar surface area (TPSA) is 82.6 Å². The van der Waals surface area contributed by atoms with Crippen LogP contribution in [-0.2, 0) is 10.0 Å². The van der Waals surface area contributed by atoms with Gasteiger partial charge in [-0.2, -0.15) is 0 Å². The highest BCUT2D eigenvalue weighted by atomic mass is 32.2. The number of sulfonamides is 1. The molecule has 1 aliphatic rings. The Morgan fingerprint density at radius 3 is 2.85 bits per heavy atom. The van der Waals surface area contributed by atoms with Crippen LogP contribution >= 0.6 is 0 Å². The number of nitrogens with one attached hydrogen (secondary N) is 3. The standard InChI is InChI=1S/C6H14N4O2S/c1-13(11,12)10-5-4-9-6-7-2-3-8-6/h10H,2-5H2,1H3,(H2,7,8,9). The molecule has 1 rings (SSSR count). The van der Waals surface area contributed by atoms with E-state index < -0.39 is 10.0 Å².